The number of hydrogen-bond acceptors (Lipinski definition) is 1. The van der Waals surface area contributed by atoms with E-state index in [1.165, 1.54) is 0 Å². The molecule has 0 saturated carbocycles. The van der Waals surface area contributed by atoms with Gasteiger partial charge in [0.05, 0.1) is 6.54 Å². The second-order valence-electron chi connectivity index (χ2n) is 3.07. The minimum absolute atomic E-state index is 0.136. The highest BCUT2D eigenvalue weighted by atomic mass is 19.2. The van der Waals surface area contributed by atoms with Gasteiger partial charge in [-0.3, -0.25) is 4.79 Å². The van der Waals surface area contributed by atoms with E-state index in [0.717, 1.165) is 5.56 Å². The molecule has 0 aliphatic carbocycles. The van der Waals surface area contributed by atoms with Crippen molar-refractivity contribution in [3.05, 3.63) is 35.9 Å². The Morgan fingerprint density at radius 3 is 2.57 bits per heavy atom. The van der Waals surface area contributed by atoms with Crippen LogP contribution in [-0.4, -0.2) is 17.6 Å². The van der Waals surface area contributed by atoms with Gasteiger partial charge in [-0.25, -0.2) is 0 Å². The highest BCUT2D eigenvalue weighted by Gasteiger charge is 2.09. The predicted molar refractivity (Wildman–Crippen MR) is 53.3 cm³/mol. The molecule has 0 bridgehead atoms. The van der Waals surface area contributed by atoms with Gasteiger partial charge in [0.2, 0.25) is 5.91 Å². The van der Waals surface area contributed by atoms with E-state index in [-0.39, 0.29) is 18.1 Å². The molecule has 14 heavy (non-hydrogen) atoms. The lowest BCUT2D eigenvalue weighted by Crippen LogP contribution is -2.23. The van der Waals surface area contributed by atoms with Crippen LogP contribution in [0.1, 0.15) is 18.9 Å². The zero-order valence-corrected chi connectivity index (χ0v) is 8.24. The van der Waals surface area contributed by atoms with Gasteiger partial charge < -0.3 is 0 Å². The molecule has 0 aromatic heterocycles. The Morgan fingerprint density at radius 1 is 1.36 bits per heavy atom. The van der Waals surface area contributed by atoms with Crippen LogP contribution in [0.4, 0.5) is 4.48 Å². The molecule has 0 unspecified atom stereocenters. The van der Waals surface area contributed by atoms with Gasteiger partial charge in [0.25, 0.3) is 0 Å². The van der Waals surface area contributed by atoms with Crippen molar-refractivity contribution < 1.29 is 9.28 Å². The Balaban J connectivity index is 2.38. The summed E-state index contributed by atoms with van der Waals surface area (Å²) in [7, 11) is 0. The highest BCUT2D eigenvalue weighted by Crippen LogP contribution is 2.02. The number of carbonyl (C=O) groups is 1. The Bertz CT molecular complexity index is 287. The third kappa shape index (κ3) is 3.17. The molecule has 0 aliphatic rings. The molecule has 1 rings (SSSR count). The van der Waals surface area contributed by atoms with E-state index in [0.29, 0.717) is 6.42 Å². The smallest absolute Gasteiger partial charge is 0.249 e. The average molecular weight is 195 g/mol. The SMILES string of the molecule is CCC(=O)N(F)CCc1ccccc1. The number of benzene rings is 1. The zero-order chi connectivity index (χ0) is 10.4. The molecule has 1 aromatic rings. The molecule has 0 spiro atoms. The van der Waals surface area contributed by atoms with Crippen LogP contribution in [0.25, 0.3) is 0 Å². The minimum Gasteiger partial charge on any atom is -0.272 e. The molecule has 0 atom stereocenters. The number of rotatable bonds is 4. The van der Waals surface area contributed by atoms with Crippen molar-refractivity contribution in [1.82, 2.24) is 5.12 Å². The number of hydrogen-bond donors (Lipinski definition) is 0. The maximum atomic E-state index is 13.0. The van der Waals surface area contributed by atoms with Gasteiger partial charge in [-0.15, -0.1) is 0 Å². The summed E-state index contributed by atoms with van der Waals surface area (Å²) in [5.41, 5.74) is 1.04. The second-order valence-corrected chi connectivity index (χ2v) is 3.07. The number of nitrogens with zero attached hydrogens (tertiary/aromatic N) is 1. The number of carbonyl (C=O) groups excluding carboxylic acids is 1. The Morgan fingerprint density at radius 2 is 2.00 bits per heavy atom. The maximum Gasteiger partial charge on any atom is 0.249 e. The molecule has 76 valence electrons. The van der Waals surface area contributed by atoms with E-state index in [1.807, 2.05) is 30.3 Å². The molecule has 2 nitrogen and oxygen atoms in total. The highest BCUT2D eigenvalue weighted by molar-refractivity contribution is 5.74. The molecule has 0 heterocycles. The summed E-state index contributed by atoms with van der Waals surface area (Å²) in [6, 6.07) is 9.56. The standard InChI is InChI=1S/C11H14FNO/c1-2-11(14)13(12)9-8-10-6-4-3-5-7-10/h3-7H,2,8-9H2,1H3. The van der Waals surface area contributed by atoms with E-state index in [4.69, 9.17) is 0 Å². The van der Waals surface area contributed by atoms with Crippen molar-refractivity contribution in [2.45, 2.75) is 19.8 Å². The molecule has 3 heteroatoms. The lowest BCUT2D eigenvalue weighted by Gasteiger charge is -2.10. The lowest BCUT2D eigenvalue weighted by molar-refractivity contribution is -0.145. The second kappa shape index (κ2) is 5.37. The number of halogens is 1. The molecule has 0 radical (unpaired) electrons. The molecular formula is C11H14FNO. The fourth-order valence-electron chi connectivity index (χ4n) is 1.17. The van der Waals surface area contributed by atoms with Crippen LogP contribution in [0.15, 0.2) is 30.3 Å². The fraction of sp³-hybridized carbons (Fsp3) is 0.364. The molecular weight excluding hydrogens is 181 g/mol. The quantitative estimate of drug-likeness (QED) is 0.675. The summed E-state index contributed by atoms with van der Waals surface area (Å²) >= 11 is 0. The van der Waals surface area contributed by atoms with Gasteiger partial charge >= 0.3 is 0 Å². The minimum atomic E-state index is -0.457. The lowest BCUT2D eigenvalue weighted by atomic mass is 10.1. The summed E-state index contributed by atoms with van der Waals surface area (Å²) in [6.07, 6.45) is 0.772. The Hall–Kier alpha value is -1.38. The van der Waals surface area contributed by atoms with Gasteiger partial charge in [0.15, 0.2) is 0 Å². The third-order valence-electron chi connectivity index (χ3n) is 2.01. The normalized spacial score (nSPS) is 9.86. The monoisotopic (exact) mass is 195 g/mol. The van der Waals surface area contributed by atoms with Crippen molar-refractivity contribution in [2.75, 3.05) is 6.54 Å². The third-order valence-corrected chi connectivity index (χ3v) is 2.01. The van der Waals surface area contributed by atoms with E-state index in [2.05, 4.69) is 0 Å². The summed E-state index contributed by atoms with van der Waals surface area (Å²) in [6.45, 7) is 1.79. The average Bonchev–Trinajstić information content (AvgIpc) is 2.26. The van der Waals surface area contributed by atoms with Crippen LogP contribution in [0.2, 0.25) is 0 Å². The van der Waals surface area contributed by atoms with Crippen molar-refractivity contribution in [1.29, 1.82) is 0 Å². The molecule has 0 N–H and O–H groups in total. The largest absolute Gasteiger partial charge is 0.272 e. The van der Waals surface area contributed by atoms with E-state index < -0.39 is 5.91 Å². The van der Waals surface area contributed by atoms with Gasteiger partial charge in [-0.05, 0) is 12.0 Å². The van der Waals surface area contributed by atoms with Crippen LogP contribution < -0.4 is 0 Å². The molecule has 0 fully saturated rings. The van der Waals surface area contributed by atoms with Crippen molar-refractivity contribution in [2.24, 2.45) is 0 Å². The summed E-state index contributed by atoms with van der Waals surface area (Å²) in [5, 5.41) is 0.285. The van der Waals surface area contributed by atoms with Crippen LogP contribution in [0.3, 0.4) is 0 Å². The van der Waals surface area contributed by atoms with E-state index in [1.54, 1.807) is 6.92 Å². The molecule has 0 aliphatic heterocycles. The molecule has 1 amide bonds. The van der Waals surface area contributed by atoms with E-state index >= 15 is 0 Å². The van der Waals surface area contributed by atoms with Gasteiger partial charge in [0, 0.05) is 6.42 Å². The Labute approximate surface area is 83.3 Å². The van der Waals surface area contributed by atoms with Gasteiger partial charge in [-0.2, -0.15) is 5.12 Å². The fourth-order valence-corrected chi connectivity index (χ4v) is 1.17. The topological polar surface area (TPSA) is 20.3 Å². The summed E-state index contributed by atoms with van der Waals surface area (Å²) in [5.74, 6) is -0.457. The summed E-state index contributed by atoms with van der Waals surface area (Å²) < 4.78 is 13.0. The van der Waals surface area contributed by atoms with Crippen molar-refractivity contribution in [3.8, 4) is 0 Å². The van der Waals surface area contributed by atoms with Crippen molar-refractivity contribution in [3.63, 3.8) is 0 Å². The van der Waals surface area contributed by atoms with Gasteiger partial charge in [-0.1, -0.05) is 41.7 Å². The maximum absolute atomic E-state index is 13.0. The van der Waals surface area contributed by atoms with E-state index in [9.17, 15) is 9.28 Å². The Kier molecular flexibility index (Phi) is 4.11. The summed E-state index contributed by atoms with van der Waals surface area (Å²) in [4.78, 5) is 10.9. The first-order valence-electron chi connectivity index (χ1n) is 4.74. The predicted octanol–water partition coefficient (Wildman–Crippen LogP) is 2.35. The van der Waals surface area contributed by atoms with Crippen LogP contribution >= 0.6 is 0 Å². The van der Waals surface area contributed by atoms with Crippen LogP contribution in [0.5, 0.6) is 0 Å². The first-order chi connectivity index (χ1) is 6.74. The first kappa shape index (κ1) is 10.7. The first-order valence-corrected chi connectivity index (χ1v) is 4.74. The molecule has 1 aromatic carbocycles. The van der Waals surface area contributed by atoms with Gasteiger partial charge in [0.1, 0.15) is 0 Å². The van der Waals surface area contributed by atoms with Crippen molar-refractivity contribution >= 4 is 5.91 Å². The number of amides is 1. The zero-order valence-electron chi connectivity index (χ0n) is 8.24. The van der Waals surface area contributed by atoms with Crippen LogP contribution in [-0.2, 0) is 11.2 Å². The molecule has 0 saturated heterocycles. The van der Waals surface area contributed by atoms with Crippen LogP contribution in [0, 0.1) is 0 Å².